The first-order valence-electron chi connectivity index (χ1n) is 11.1. The van der Waals surface area contributed by atoms with Crippen LogP contribution in [0.3, 0.4) is 0 Å². The first kappa shape index (κ1) is 32.3. The molecule has 0 bridgehead atoms. The number of carbonyl (C=O) groups is 2. The van der Waals surface area contributed by atoms with Crippen LogP contribution in [0.4, 0.5) is 30.7 Å². The van der Waals surface area contributed by atoms with Gasteiger partial charge in [0.15, 0.2) is 0 Å². The van der Waals surface area contributed by atoms with Crippen LogP contribution in [0.2, 0.25) is 0 Å². The molecule has 1 N–H and O–H groups in total. The number of unbranched alkanes of at least 4 members (excludes halogenated alkanes) is 1. The average Bonchev–Trinajstić information content (AvgIpc) is 2.75. The van der Waals surface area contributed by atoms with Gasteiger partial charge in [0.05, 0.1) is 19.1 Å². The van der Waals surface area contributed by atoms with Gasteiger partial charge in [-0.2, -0.15) is 39.2 Å². The van der Waals surface area contributed by atoms with Gasteiger partial charge in [-0.15, -0.1) is 0 Å². The molecule has 0 aliphatic heterocycles. The molecular formula is C20H29F7O8S. The van der Waals surface area contributed by atoms with Gasteiger partial charge < -0.3 is 14.2 Å². The Morgan fingerprint density at radius 2 is 1.53 bits per heavy atom. The van der Waals surface area contributed by atoms with Crippen molar-refractivity contribution in [2.45, 2.75) is 88.4 Å². The second-order valence-electron chi connectivity index (χ2n) is 8.86. The average molecular weight is 562 g/mol. The van der Waals surface area contributed by atoms with Gasteiger partial charge in [0.25, 0.3) is 0 Å². The number of hydrogen-bond donors (Lipinski definition) is 1. The van der Waals surface area contributed by atoms with Gasteiger partial charge in [-0.25, -0.2) is 4.79 Å². The zero-order valence-electron chi connectivity index (χ0n) is 19.6. The van der Waals surface area contributed by atoms with Crippen molar-refractivity contribution in [3.05, 3.63) is 0 Å². The Bertz CT molecular complexity index is 855. The Hall–Kier alpha value is -1.68. The van der Waals surface area contributed by atoms with Crippen LogP contribution in [0, 0.1) is 11.8 Å². The molecule has 0 aromatic rings. The van der Waals surface area contributed by atoms with Crippen molar-refractivity contribution in [2.75, 3.05) is 13.2 Å². The summed E-state index contributed by atoms with van der Waals surface area (Å²) >= 11 is 0. The van der Waals surface area contributed by atoms with E-state index in [9.17, 15) is 48.7 Å². The van der Waals surface area contributed by atoms with Crippen LogP contribution in [-0.2, 0) is 33.9 Å². The van der Waals surface area contributed by atoms with Crippen LogP contribution < -0.4 is 0 Å². The lowest BCUT2D eigenvalue weighted by Crippen LogP contribution is -2.59. The molecule has 1 atom stereocenters. The van der Waals surface area contributed by atoms with E-state index in [0.29, 0.717) is 12.8 Å². The van der Waals surface area contributed by atoms with Crippen molar-refractivity contribution in [3.63, 3.8) is 0 Å². The van der Waals surface area contributed by atoms with E-state index >= 15 is 0 Å². The molecule has 1 aliphatic rings. The molecule has 36 heavy (non-hydrogen) atoms. The number of rotatable bonds is 13. The summed E-state index contributed by atoms with van der Waals surface area (Å²) in [5.41, 5.74) is 0. The fourth-order valence-electron chi connectivity index (χ4n) is 3.29. The Kier molecular flexibility index (Phi) is 11.0. The minimum atomic E-state index is -6.48. The molecule has 0 amide bonds. The van der Waals surface area contributed by atoms with Crippen LogP contribution in [0.5, 0.6) is 0 Å². The molecule has 0 aromatic heterocycles. The maximum atomic E-state index is 14.0. The van der Waals surface area contributed by atoms with Crippen molar-refractivity contribution >= 4 is 22.1 Å². The van der Waals surface area contributed by atoms with E-state index in [1.807, 2.05) is 0 Å². The zero-order chi connectivity index (χ0) is 28.0. The monoisotopic (exact) mass is 562 g/mol. The van der Waals surface area contributed by atoms with Crippen LogP contribution in [0.25, 0.3) is 0 Å². The maximum absolute atomic E-state index is 14.0. The van der Waals surface area contributed by atoms with E-state index in [1.165, 1.54) is 13.8 Å². The van der Waals surface area contributed by atoms with Gasteiger partial charge in [0.1, 0.15) is 0 Å². The predicted molar refractivity (Wildman–Crippen MR) is 108 cm³/mol. The minimum absolute atomic E-state index is 0.213. The third-order valence-corrected chi connectivity index (χ3v) is 6.26. The highest BCUT2D eigenvalue weighted by molar-refractivity contribution is 7.87. The zero-order valence-corrected chi connectivity index (χ0v) is 20.4. The highest BCUT2D eigenvalue weighted by Gasteiger charge is 2.68. The van der Waals surface area contributed by atoms with Gasteiger partial charge in [-0.05, 0) is 31.6 Å². The fourth-order valence-corrected chi connectivity index (χ4v) is 3.76. The lowest BCUT2D eigenvalue weighted by atomic mass is 9.89. The Morgan fingerprint density at radius 1 is 0.972 bits per heavy atom. The first-order valence-corrected chi connectivity index (χ1v) is 12.6. The van der Waals surface area contributed by atoms with Gasteiger partial charge in [0, 0.05) is 6.42 Å². The summed E-state index contributed by atoms with van der Waals surface area (Å²) < 4.78 is 139. The second kappa shape index (κ2) is 12.2. The van der Waals surface area contributed by atoms with E-state index in [0.717, 1.165) is 6.42 Å². The summed E-state index contributed by atoms with van der Waals surface area (Å²) in [6.45, 7) is 1.35. The molecule has 0 heterocycles. The third-order valence-electron chi connectivity index (χ3n) is 5.31. The lowest BCUT2D eigenvalue weighted by molar-refractivity contribution is -0.357. The topological polar surface area (TPSA) is 116 Å². The molecule has 8 nitrogen and oxygen atoms in total. The quantitative estimate of drug-likeness (QED) is 0.111. The van der Waals surface area contributed by atoms with E-state index < -0.39 is 89.5 Å². The predicted octanol–water partition coefficient (Wildman–Crippen LogP) is 4.87. The van der Waals surface area contributed by atoms with Crippen molar-refractivity contribution < 1.29 is 67.5 Å². The van der Waals surface area contributed by atoms with E-state index in [2.05, 4.69) is 14.2 Å². The Balaban J connectivity index is 3.03. The molecule has 0 spiro atoms. The van der Waals surface area contributed by atoms with Crippen LogP contribution in [-0.4, -0.2) is 61.3 Å². The number of esters is 2. The summed E-state index contributed by atoms with van der Waals surface area (Å²) in [7, 11) is -6.48. The molecule has 1 rings (SSSR count). The van der Waals surface area contributed by atoms with Crippen LogP contribution >= 0.6 is 0 Å². The van der Waals surface area contributed by atoms with Gasteiger partial charge in [-0.3, -0.25) is 9.35 Å². The van der Waals surface area contributed by atoms with Crippen molar-refractivity contribution in [3.8, 4) is 0 Å². The lowest BCUT2D eigenvalue weighted by Gasteiger charge is -2.34. The Morgan fingerprint density at radius 3 is 2.00 bits per heavy atom. The molecule has 0 saturated heterocycles. The normalized spacial score (nSPS) is 18.1. The minimum Gasteiger partial charge on any atom is -0.460 e. The smallest absolute Gasteiger partial charge is 0.460 e. The molecule has 1 fully saturated rings. The fraction of sp³-hybridized carbons (Fsp3) is 0.900. The molecular weight excluding hydrogens is 533 g/mol. The van der Waals surface area contributed by atoms with Gasteiger partial charge in [0.2, 0.25) is 0 Å². The number of ether oxygens (including phenoxy) is 3. The highest BCUT2D eigenvalue weighted by Crippen LogP contribution is 2.42. The largest absolute Gasteiger partial charge is 0.468 e. The summed E-state index contributed by atoms with van der Waals surface area (Å²) in [6.07, 6.45) is -7.08. The van der Waals surface area contributed by atoms with E-state index in [4.69, 9.17) is 4.55 Å². The highest BCUT2D eigenvalue weighted by atomic mass is 32.2. The second-order valence-corrected chi connectivity index (χ2v) is 10.3. The van der Waals surface area contributed by atoms with E-state index in [-0.39, 0.29) is 12.8 Å². The third kappa shape index (κ3) is 7.91. The van der Waals surface area contributed by atoms with Crippen molar-refractivity contribution in [2.24, 2.45) is 11.8 Å². The molecule has 212 valence electrons. The number of halogens is 7. The van der Waals surface area contributed by atoms with Crippen LogP contribution in [0.15, 0.2) is 0 Å². The standard InChI is InChI=1S/C20H29F7O8S/c1-13(2)12-33-16(29)18(19(23,24)25,35-15(28)14-8-4-3-5-9-14)34-11-7-6-10-17(21,22)20(26,27)36(30,31)32/h13-14H,3-12H2,1-2H3,(H,30,31,32). The number of alkyl halides is 7. The molecule has 16 heteroatoms. The van der Waals surface area contributed by atoms with E-state index in [1.54, 1.807) is 0 Å². The van der Waals surface area contributed by atoms with Gasteiger partial charge >= 0.3 is 45.2 Å². The molecule has 1 saturated carbocycles. The molecule has 0 aromatic carbocycles. The van der Waals surface area contributed by atoms with Crippen molar-refractivity contribution in [1.29, 1.82) is 0 Å². The summed E-state index contributed by atoms with van der Waals surface area (Å²) in [5.74, 6) is -14.3. The number of hydrogen-bond acceptors (Lipinski definition) is 7. The van der Waals surface area contributed by atoms with Crippen LogP contribution in [0.1, 0.15) is 65.2 Å². The SMILES string of the molecule is CC(C)COC(=O)C(OCCCCC(F)(F)C(F)(F)S(=O)(=O)O)(OC(=O)C1CCCCC1)C(F)(F)F. The molecule has 0 radical (unpaired) electrons. The van der Waals surface area contributed by atoms with Gasteiger partial charge in [-0.1, -0.05) is 33.1 Å². The summed E-state index contributed by atoms with van der Waals surface area (Å²) in [6, 6.07) is 0. The first-order chi connectivity index (χ1) is 16.3. The maximum Gasteiger partial charge on any atom is 0.468 e. The molecule has 1 aliphatic carbocycles. The Labute approximate surface area is 203 Å². The number of carbonyl (C=O) groups excluding carboxylic acids is 2. The summed E-state index contributed by atoms with van der Waals surface area (Å²) in [5, 5.41) is -5.84. The van der Waals surface area contributed by atoms with Crippen molar-refractivity contribution in [1.82, 2.24) is 0 Å². The summed E-state index contributed by atoms with van der Waals surface area (Å²) in [4.78, 5) is 24.9. The molecule has 1 unspecified atom stereocenters.